The van der Waals surface area contributed by atoms with Crippen LogP contribution in [0.15, 0.2) is 0 Å². The number of rotatable bonds is 5. The Morgan fingerprint density at radius 2 is 1.80 bits per heavy atom. The van der Waals surface area contributed by atoms with Crippen molar-refractivity contribution in [3.8, 4) is 0 Å². The second kappa shape index (κ2) is 4.03. The number of nitrogens with two attached hydrogens (primary N) is 1. The molecule has 0 spiro atoms. The van der Waals surface area contributed by atoms with Crippen molar-refractivity contribution in [2.75, 3.05) is 19.6 Å². The zero-order valence-electron chi connectivity index (χ0n) is 14.0. The first-order valence-electron chi connectivity index (χ1n) is 9.53. The van der Waals surface area contributed by atoms with Gasteiger partial charge in [0, 0.05) is 6.54 Å². The normalized spacial score (nSPS) is 55.5. The lowest BCUT2D eigenvalue weighted by Gasteiger charge is -3.10. The Labute approximate surface area is 145 Å². The molecule has 1 heterocycles. The monoisotopic (exact) mass is 345 g/mol. The van der Waals surface area contributed by atoms with E-state index in [1.54, 1.807) is 0 Å². The van der Waals surface area contributed by atoms with E-state index < -0.39 is 12.0 Å². The predicted octanol–water partition coefficient (Wildman–Crippen LogP) is -0.735. The molecule has 0 aromatic heterocycles. The minimum Gasteiger partial charge on any atom is -0.480 e. The molecule has 7 nitrogen and oxygen atoms in total. The molecule has 0 aromatic rings. The average molecular weight is 345 g/mol. The molecule has 1 aliphatic heterocycles. The van der Waals surface area contributed by atoms with Crippen LogP contribution in [-0.4, -0.2) is 53.5 Å². The molecule has 7 heteroatoms. The van der Waals surface area contributed by atoms with Crippen LogP contribution < -0.4 is 11.1 Å². The van der Waals surface area contributed by atoms with Crippen molar-refractivity contribution < 1.29 is 19.5 Å². The summed E-state index contributed by atoms with van der Waals surface area (Å²) in [6.07, 6.45) is 2.23. The Bertz CT molecular complexity index is 680. The van der Waals surface area contributed by atoms with Gasteiger partial charge in [0.05, 0.1) is 5.41 Å². The number of carboxylic acid groups (broad SMARTS) is 1. The molecule has 7 fully saturated rings. The summed E-state index contributed by atoms with van der Waals surface area (Å²) in [5.74, 6) is 2.42. The standard InChI is InChI=1S/C18H23N3O4/c19-6-17-9-12-10(17)14-11(17)13(9)18(12,14)16(25)20-7-3-1-2-4-21(15(7)24)5-8(22)23/h7,9-14H,1-6,19H2,(H,20,25)(H,22,23). The molecule has 1 saturated heterocycles. The van der Waals surface area contributed by atoms with E-state index in [4.69, 9.17) is 10.8 Å². The number of nitrogens with one attached hydrogen (secondary N) is 1. The Hall–Kier alpha value is -1.63. The quantitative estimate of drug-likeness (QED) is 0.608. The molecule has 0 radical (unpaired) electrons. The summed E-state index contributed by atoms with van der Waals surface area (Å²) in [5.41, 5.74) is 6.21. The minimum absolute atomic E-state index is 0.0668. The van der Waals surface area contributed by atoms with E-state index in [1.807, 2.05) is 0 Å². The number of carbonyl (C=O) groups excluding carboxylic acids is 2. The van der Waals surface area contributed by atoms with Gasteiger partial charge in [-0.25, -0.2) is 0 Å². The van der Waals surface area contributed by atoms with Gasteiger partial charge in [0.15, 0.2) is 0 Å². The number of likely N-dealkylation sites (tertiary alicyclic amines) is 1. The Balaban J connectivity index is 1.17. The maximum absolute atomic E-state index is 13.0. The number of carbonyl (C=O) groups is 3. The number of nitrogens with zero attached hydrogens (tertiary/aromatic N) is 1. The third kappa shape index (κ3) is 1.14. The van der Waals surface area contributed by atoms with Gasteiger partial charge in [0.1, 0.15) is 12.6 Å². The van der Waals surface area contributed by atoms with E-state index >= 15 is 0 Å². The van der Waals surface area contributed by atoms with Gasteiger partial charge in [-0.05, 0) is 66.7 Å². The van der Waals surface area contributed by atoms with Crippen LogP contribution in [0.2, 0.25) is 0 Å². The van der Waals surface area contributed by atoms with Crippen LogP contribution in [0.3, 0.4) is 0 Å². The first-order valence-corrected chi connectivity index (χ1v) is 9.53. The topological polar surface area (TPSA) is 113 Å². The van der Waals surface area contributed by atoms with Crippen LogP contribution in [0.25, 0.3) is 0 Å². The molecule has 134 valence electrons. The highest BCUT2D eigenvalue weighted by Gasteiger charge is 3.10. The zero-order chi connectivity index (χ0) is 17.3. The van der Waals surface area contributed by atoms with Crippen molar-refractivity contribution >= 4 is 17.8 Å². The molecule has 1 unspecified atom stereocenters. The van der Waals surface area contributed by atoms with Gasteiger partial charge in [0.2, 0.25) is 11.8 Å². The minimum atomic E-state index is -1.01. The van der Waals surface area contributed by atoms with Crippen LogP contribution in [-0.2, 0) is 14.4 Å². The van der Waals surface area contributed by atoms with Gasteiger partial charge in [-0.15, -0.1) is 0 Å². The fourth-order valence-corrected chi connectivity index (χ4v) is 8.46. The SMILES string of the molecule is NCC12C3C4C1C1C2C3C41C(=O)NC1CCCCN(CC(=O)O)C1=O. The highest BCUT2D eigenvalue weighted by molar-refractivity contribution is 5.96. The largest absolute Gasteiger partial charge is 0.480 e. The van der Waals surface area contributed by atoms with Crippen molar-refractivity contribution in [3.63, 3.8) is 0 Å². The van der Waals surface area contributed by atoms with Gasteiger partial charge in [0.25, 0.3) is 0 Å². The summed E-state index contributed by atoms with van der Waals surface area (Å²) in [7, 11) is 0. The highest BCUT2D eigenvalue weighted by Crippen LogP contribution is 3.10. The number of aliphatic carboxylic acids is 1. The zero-order valence-corrected chi connectivity index (χ0v) is 14.0. The molecule has 25 heavy (non-hydrogen) atoms. The van der Waals surface area contributed by atoms with Crippen molar-refractivity contribution in [3.05, 3.63) is 0 Å². The number of amides is 2. The number of hydrogen-bond acceptors (Lipinski definition) is 4. The summed E-state index contributed by atoms with van der Waals surface area (Å²) < 4.78 is 0. The third-order valence-electron chi connectivity index (χ3n) is 9.00. The second-order valence-electron chi connectivity index (χ2n) is 9.08. The lowest BCUT2D eigenvalue weighted by atomic mass is 8.92. The van der Waals surface area contributed by atoms with Crippen LogP contribution in [0.4, 0.5) is 0 Å². The molecular weight excluding hydrogens is 322 g/mol. The van der Waals surface area contributed by atoms with E-state index in [2.05, 4.69) is 5.32 Å². The first-order chi connectivity index (χ1) is 12.0. The summed E-state index contributed by atoms with van der Waals surface area (Å²) in [6.45, 7) is 0.955. The molecular formula is C18H23N3O4. The smallest absolute Gasteiger partial charge is 0.323 e. The highest BCUT2D eigenvalue weighted by atomic mass is 16.4. The Kier molecular flexibility index (Phi) is 2.34. The molecule has 7 aliphatic rings. The summed E-state index contributed by atoms with van der Waals surface area (Å²) in [5, 5.41) is 12.0. The molecule has 2 amide bonds. The van der Waals surface area contributed by atoms with Crippen molar-refractivity contribution in [1.82, 2.24) is 10.2 Å². The van der Waals surface area contributed by atoms with Gasteiger partial charge in [-0.3, -0.25) is 14.4 Å². The lowest BCUT2D eigenvalue weighted by Crippen LogP contribution is -3.12. The predicted molar refractivity (Wildman–Crippen MR) is 84.9 cm³/mol. The molecule has 7 rings (SSSR count). The van der Waals surface area contributed by atoms with Crippen LogP contribution in [0.1, 0.15) is 19.3 Å². The summed E-state index contributed by atoms with van der Waals surface area (Å²) in [6, 6.07) is -0.557. The van der Waals surface area contributed by atoms with Crippen molar-refractivity contribution in [2.45, 2.75) is 25.3 Å². The van der Waals surface area contributed by atoms with Gasteiger partial charge in [-0.2, -0.15) is 0 Å². The van der Waals surface area contributed by atoms with Crippen molar-refractivity contribution in [1.29, 1.82) is 0 Å². The van der Waals surface area contributed by atoms with Crippen LogP contribution in [0.5, 0.6) is 0 Å². The third-order valence-corrected chi connectivity index (χ3v) is 9.00. The molecule has 0 aromatic carbocycles. The molecule has 4 N–H and O–H groups in total. The van der Waals surface area contributed by atoms with Gasteiger partial charge < -0.3 is 21.1 Å². The van der Waals surface area contributed by atoms with Crippen molar-refractivity contribution in [2.24, 2.45) is 52.1 Å². The molecule has 1 atom stereocenters. The van der Waals surface area contributed by atoms with E-state index in [0.29, 0.717) is 53.9 Å². The summed E-state index contributed by atoms with van der Waals surface area (Å²) >= 11 is 0. The van der Waals surface area contributed by atoms with Crippen LogP contribution in [0, 0.1) is 46.3 Å². The maximum Gasteiger partial charge on any atom is 0.323 e. The fraction of sp³-hybridized carbons (Fsp3) is 0.833. The fourth-order valence-electron chi connectivity index (χ4n) is 8.46. The van der Waals surface area contributed by atoms with E-state index in [0.717, 1.165) is 19.4 Å². The molecule has 6 aliphatic carbocycles. The molecule has 6 saturated carbocycles. The first kappa shape index (κ1) is 14.5. The van der Waals surface area contributed by atoms with E-state index in [9.17, 15) is 14.4 Å². The lowest BCUT2D eigenvalue weighted by molar-refractivity contribution is -0.638. The van der Waals surface area contributed by atoms with E-state index in [-0.39, 0.29) is 23.8 Å². The van der Waals surface area contributed by atoms with Gasteiger partial charge in [-0.1, -0.05) is 0 Å². The van der Waals surface area contributed by atoms with Gasteiger partial charge >= 0.3 is 5.97 Å². The summed E-state index contributed by atoms with van der Waals surface area (Å²) in [4.78, 5) is 38.1. The number of hydrogen-bond donors (Lipinski definition) is 3. The maximum atomic E-state index is 13.0. The second-order valence-corrected chi connectivity index (χ2v) is 9.08. The van der Waals surface area contributed by atoms with E-state index in [1.165, 1.54) is 4.90 Å². The van der Waals surface area contributed by atoms with Crippen LogP contribution >= 0.6 is 0 Å². The average Bonchev–Trinajstić information content (AvgIpc) is 2.76. The number of carboxylic acids is 1. The Morgan fingerprint density at radius 1 is 1.16 bits per heavy atom. The Morgan fingerprint density at radius 3 is 2.36 bits per heavy atom. The molecule has 0 bridgehead atoms.